The van der Waals surface area contributed by atoms with Crippen LogP contribution in [0.3, 0.4) is 0 Å². The van der Waals surface area contributed by atoms with Crippen molar-refractivity contribution in [3.8, 4) is 5.88 Å². The monoisotopic (exact) mass is 315 g/mol. The molecule has 0 bridgehead atoms. The van der Waals surface area contributed by atoms with Crippen LogP contribution in [0.1, 0.15) is 0 Å². The molecule has 1 heterocycles. The van der Waals surface area contributed by atoms with Gasteiger partial charge in [0.2, 0.25) is 11.8 Å². The highest BCUT2D eigenvalue weighted by atomic mass is 79.9. The Morgan fingerprint density at radius 2 is 2.11 bits per heavy atom. The lowest BCUT2D eigenvalue weighted by Gasteiger charge is -2.08. The summed E-state index contributed by atoms with van der Waals surface area (Å²) in [6, 6.07) is 3.80. The van der Waals surface area contributed by atoms with E-state index >= 15 is 0 Å². The molecule has 2 aromatic rings. The number of hydrogen-bond donors (Lipinski definition) is 1. The zero-order chi connectivity index (χ0) is 13.1. The van der Waals surface area contributed by atoms with Crippen LogP contribution in [0.2, 0.25) is 0 Å². The Morgan fingerprint density at radius 1 is 1.33 bits per heavy atom. The van der Waals surface area contributed by atoms with Crippen LogP contribution in [0, 0.1) is 11.6 Å². The number of halogens is 3. The zero-order valence-electron chi connectivity index (χ0n) is 9.25. The van der Waals surface area contributed by atoms with E-state index in [1.54, 1.807) is 0 Å². The van der Waals surface area contributed by atoms with Crippen LogP contribution in [-0.2, 0) is 0 Å². The predicted molar refractivity (Wildman–Crippen MR) is 65.9 cm³/mol. The normalized spacial score (nSPS) is 10.2. The summed E-state index contributed by atoms with van der Waals surface area (Å²) >= 11 is 3.19. The van der Waals surface area contributed by atoms with Gasteiger partial charge in [0.1, 0.15) is 0 Å². The van der Waals surface area contributed by atoms with Gasteiger partial charge in [-0.3, -0.25) is 0 Å². The smallest absolute Gasteiger partial charge is 0.232 e. The van der Waals surface area contributed by atoms with Gasteiger partial charge < -0.3 is 10.1 Å². The van der Waals surface area contributed by atoms with E-state index in [1.165, 1.54) is 25.4 Å². The molecule has 1 aromatic heterocycles. The van der Waals surface area contributed by atoms with Crippen molar-refractivity contribution >= 4 is 27.6 Å². The third-order valence-corrected chi connectivity index (χ3v) is 2.65. The van der Waals surface area contributed by atoms with Crippen molar-refractivity contribution < 1.29 is 13.5 Å². The molecule has 0 aliphatic carbocycles. The van der Waals surface area contributed by atoms with E-state index in [0.717, 1.165) is 6.07 Å². The Morgan fingerprint density at radius 3 is 2.83 bits per heavy atom. The highest BCUT2D eigenvalue weighted by Gasteiger charge is 2.10. The third kappa shape index (κ3) is 2.56. The second-order valence-electron chi connectivity index (χ2n) is 3.28. The molecule has 0 fully saturated rings. The van der Waals surface area contributed by atoms with E-state index in [-0.39, 0.29) is 11.6 Å². The molecular formula is C11H8BrF2N3O. The minimum atomic E-state index is -0.983. The Kier molecular flexibility index (Phi) is 3.71. The summed E-state index contributed by atoms with van der Waals surface area (Å²) in [5, 5.41) is 2.58. The summed E-state index contributed by atoms with van der Waals surface area (Å²) in [4.78, 5) is 7.89. The summed E-state index contributed by atoms with van der Waals surface area (Å²) < 4.78 is 32.0. The van der Waals surface area contributed by atoms with E-state index in [1.807, 2.05) is 0 Å². The van der Waals surface area contributed by atoms with Gasteiger partial charge in [-0.1, -0.05) is 6.07 Å². The quantitative estimate of drug-likeness (QED) is 0.944. The highest BCUT2D eigenvalue weighted by Crippen LogP contribution is 2.24. The van der Waals surface area contributed by atoms with Crippen molar-refractivity contribution in [2.24, 2.45) is 0 Å². The molecule has 4 nitrogen and oxygen atoms in total. The van der Waals surface area contributed by atoms with E-state index in [0.29, 0.717) is 10.4 Å². The van der Waals surface area contributed by atoms with Crippen LogP contribution < -0.4 is 10.1 Å². The molecule has 0 saturated heterocycles. The van der Waals surface area contributed by atoms with Crippen LogP contribution >= 0.6 is 15.9 Å². The zero-order valence-corrected chi connectivity index (χ0v) is 10.8. The van der Waals surface area contributed by atoms with Gasteiger partial charge in [-0.25, -0.2) is 13.8 Å². The van der Waals surface area contributed by atoms with Crippen LogP contribution in [0.4, 0.5) is 20.4 Å². The summed E-state index contributed by atoms with van der Waals surface area (Å²) in [5.41, 5.74) is -0.0422. The minimum absolute atomic E-state index is 0.0422. The van der Waals surface area contributed by atoms with E-state index < -0.39 is 11.6 Å². The van der Waals surface area contributed by atoms with Crippen molar-refractivity contribution in [1.29, 1.82) is 0 Å². The third-order valence-electron chi connectivity index (χ3n) is 2.10. The van der Waals surface area contributed by atoms with Gasteiger partial charge in [-0.05, 0) is 28.1 Å². The first kappa shape index (κ1) is 12.7. The lowest BCUT2D eigenvalue weighted by Crippen LogP contribution is -2.01. The van der Waals surface area contributed by atoms with Crippen molar-refractivity contribution in [2.45, 2.75) is 0 Å². The minimum Gasteiger partial charge on any atom is -0.480 e. The van der Waals surface area contributed by atoms with Gasteiger partial charge in [-0.15, -0.1) is 0 Å². The molecule has 0 saturated carbocycles. The number of rotatable bonds is 3. The maximum atomic E-state index is 13.4. The molecule has 0 aliphatic heterocycles. The van der Waals surface area contributed by atoms with Crippen molar-refractivity contribution in [3.63, 3.8) is 0 Å². The number of benzene rings is 1. The lowest BCUT2D eigenvalue weighted by molar-refractivity contribution is 0.394. The van der Waals surface area contributed by atoms with Gasteiger partial charge >= 0.3 is 0 Å². The molecule has 0 amide bonds. The van der Waals surface area contributed by atoms with Crippen LogP contribution in [0.25, 0.3) is 0 Å². The van der Waals surface area contributed by atoms with Crippen molar-refractivity contribution in [3.05, 3.63) is 40.5 Å². The van der Waals surface area contributed by atoms with E-state index in [9.17, 15) is 8.78 Å². The molecule has 0 unspecified atom stereocenters. The molecule has 0 spiro atoms. The van der Waals surface area contributed by atoms with Crippen LogP contribution in [0.15, 0.2) is 28.9 Å². The number of aromatic nitrogens is 2. The maximum Gasteiger partial charge on any atom is 0.232 e. The topological polar surface area (TPSA) is 47.0 Å². The number of ether oxygens (including phenoxy) is 1. The second-order valence-corrected chi connectivity index (χ2v) is 4.13. The fourth-order valence-electron chi connectivity index (χ4n) is 1.28. The Labute approximate surface area is 110 Å². The molecule has 0 aliphatic rings. The lowest BCUT2D eigenvalue weighted by atomic mass is 10.3. The standard InChI is InChI=1S/C11H8BrF2N3O/c1-18-10-6(12)5-15-11(17-10)16-8-4-2-3-7(13)9(8)14/h2-5H,1H3,(H,15,16,17). The number of nitrogens with one attached hydrogen (secondary N) is 1. The average Bonchev–Trinajstić information content (AvgIpc) is 2.37. The largest absolute Gasteiger partial charge is 0.480 e. The first-order chi connectivity index (χ1) is 8.61. The molecular weight excluding hydrogens is 308 g/mol. The highest BCUT2D eigenvalue weighted by molar-refractivity contribution is 9.10. The van der Waals surface area contributed by atoms with Gasteiger partial charge in [0.15, 0.2) is 11.6 Å². The molecule has 1 N–H and O–H groups in total. The summed E-state index contributed by atoms with van der Waals surface area (Å²) in [6.07, 6.45) is 1.45. The van der Waals surface area contributed by atoms with Gasteiger partial charge in [0, 0.05) is 0 Å². The van der Waals surface area contributed by atoms with Crippen LogP contribution in [-0.4, -0.2) is 17.1 Å². The predicted octanol–water partition coefficient (Wildman–Crippen LogP) is 3.27. The molecule has 2 rings (SSSR count). The molecule has 94 valence electrons. The first-order valence-corrected chi connectivity index (χ1v) is 5.68. The van der Waals surface area contributed by atoms with E-state index in [2.05, 4.69) is 31.2 Å². The molecule has 18 heavy (non-hydrogen) atoms. The summed E-state index contributed by atoms with van der Waals surface area (Å²) in [5.74, 6) is -1.52. The maximum absolute atomic E-state index is 13.4. The van der Waals surface area contributed by atoms with Crippen molar-refractivity contribution in [2.75, 3.05) is 12.4 Å². The fraction of sp³-hybridized carbons (Fsp3) is 0.0909. The van der Waals surface area contributed by atoms with Gasteiger partial charge in [0.05, 0.1) is 23.5 Å². The number of methoxy groups -OCH3 is 1. The second kappa shape index (κ2) is 5.26. The average molecular weight is 316 g/mol. The molecule has 7 heteroatoms. The van der Waals surface area contributed by atoms with E-state index in [4.69, 9.17) is 4.74 Å². The Hall–Kier alpha value is -1.76. The first-order valence-electron chi connectivity index (χ1n) is 4.89. The van der Waals surface area contributed by atoms with Gasteiger partial charge in [0.25, 0.3) is 0 Å². The SMILES string of the molecule is COc1nc(Nc2cccc(F)c2F)ncc1Br. The number of hydrogen-bond acceptors (Lipinski definition) is 4. The van der Waals surface area contributed by atoms with Crippen LogP contribution in [0.5, 0.6) is 5.88 Å². The number of anilines is 2. The molecule has 0 atom stereocenters. The Bertz CT molecular complexity index is 580. The Balaban J connectivity index is 2.31. The summed E-state index contributed by atoms with van der Waals surface area (Å²) in [6.45, 7) is 0. The fourth-order valence-corrected chi connectivity index (χ4v) is 1.63. The molecule has 0 radical (unpaired) electrons. The summed E-state index contributed by atoms with van der Waals surface area (Å²) in [7, 11) is 1.44. The molecule has 1 aromatic carbocycles. The van der Waals surface area contributed by atoms with Gasteiger partial charge in [-0.2, -0.15) is 4.98 Å². The van der Waals surface area contributed by atoms with Crippen molar-refractivity contribution in [1.82, 2.24) is 9.97 Å². The number of nitrogens with zero attached hydrogens (tertiary/aromatic N) is 2.